The molecule has 0 amide bonds. The maximum atomic E-state index is 13.7. The molecule has 0 saturated heterocycles. The Kier molecular flexibility index (Phi) is 6.08. The Morgan fingerprint density at radius 3 is 2.83 bits per heavy atom. The zero-order valence-electron chi connectivity index (χ0n) is 21.6. The zero-order chi connectivity index (χ0) is 24.4. The van der Waals surface area contributed by atoms with Gasteiger partial charge in [-0.05, 0) is 110 Å². The number of nitrogens with zero attached hydrogens (tertiary/aromatic N) is 2. The van der Waals surface area contributed by atoms with Crippen LogP contribution in [-0.4, -0.2) is 29.3 Å². The van der Waals surface area contributed by atoms with Crippen LogP contribution in [0.3, 0.4) is 0 Å². The molecular formula is C30H41ClN2O2. The molecule has 190 valence electrons. The van der Waals surface area contributed by atoms with Crippen molar-refractivity contribution in [1.82, 2.24) is 9.78 Å². The van der Waals surface area contributed by atoms with Crippen LogP contribution in [0.15, 0.2) is 24.4 Å². The van der Waals surface area contributed by atoms with Crippen LogP contribution in [0.2, 0.25) is 5.02 Å². The second-order valence-corrected chi connectivity index (χ2v) is 13.3. The number of rotatable bonds is 5. The number of hydrogen-bond donors (Lipinski definition) is 0. The standard InChI is InChI=1S/C30H41ClN2O2/c1-19-10-13-30(18-35-3)21(14-19)4-6-23-24-7-8-26(29(24,2)12-11-25(23)30)28(34)17-33-16-20-15-22(31)5-9-27(20)32-33/h5,9,15-16,19,21,23-26H,4,6-8,10-14,17-18H2,1-3H3/t19?,21?,23?,24?,25?,26-,29?,30?/m1/s1. The third kappa shape index (κ3) is 3.81. The van der Waals surface area contributed by atoms with E-state index in [-0.39, 0.29) is 11.3 Å². The molecule has 0 N–H and O–H groups in total. The highest BCUT2D eigenvalue weighted by Gasteiger charge is 2.62. The van der Waals surface area contributed by atoms with Crippen LogP contribution in [0.25, 0.3) is 10.9 Å². The van der Waals surface area contributed by atoms with Gasteiger partial charge >= 0.3 is 0 Å². The van der Waals surface area contributed by atoms with Crippen molar-refractivity contribution in [2.24, 2.45) is 46.3 Å². The quantitative estimate of drug-likeness (QED) is 0.440. The molecule has 4 fully saturated rings. The van der Waals surface area contributed by atoms with Crippen molar-refractivity contribution in [2.45, 2.75) is 78.2 Å². The van der Waals surface area contributed by atoms with Crippen LogP contribution in [0.1, 0.15) is 71.6 Å². The summed E-state index contributed by atoms with van der Waals surface area (Å²) < 4.78 is 7.79. The van der Waals surface area contributed by atoms with Crippen LogP contribution in [-0.2, 0) is 16.1 Å². The number of benzene rings is 1. The molecule has 2 aromatic rings. The Morgan fingerprint density at radius 2 is 2.00 bits per heavy atom. The van der Waals surface area contributed by atoms with E-state index < -0.39 is 0 Å². The van der Waals surface area contributed by atoms with Gasteiger partial charge in [-0.15, -0.1) is 0 Å². The van der Waals surface area contributed by atoms with E-state index in [1.807, 2.05) is 36.2 Å². The topological polar surface area (TPSA) is 44.1 Å². The van der Waals surface area contributed by atoms with Gasteiger partial charge in [-0.1, -0.05) is 31.9 Å². The summed E-state index contributed by atoms with van der Waals surface area (Å²) in [6, 6.07) is 5.73. The van der Waals surface area contributed by atoms with E-state index in [1.54, 1.807) is 0 Å². The average molecular weight is 497 g/mol. The number of fused-ring (bicyclic) bond motifs is 6. The SMILES string of the molecule is COCC12CCC(C)CC1CCC1C2CCC2(C)C1CC[C@@H]2C(=O)Cn1cc2cc(Cl)ccc2n1. The van der Waals surface area contributed by atoms with E-state index in [0.29, 0.717) is 28.7 Å². The third-order valence-corrected chi connectivity index (χ3v) is 11.5. The Bertz CT molecular complexity index is 1110. The number of carbonyl (C=O) groups is 1. The number of hydrogen-bond acceptors (Lipinski definition) is 3. The lowest BCUT2D eigenvalue weighted by molar-refractivity contribution is -0.154. The number of ether oxygens (including phenoxy) is 1. The predicted molar refractivity (Wildman–Crippen MR) is 140 cm³/mol. The molecule has 0 bridgehead atoms. The van der Waals surface area contributed by atoms with Crippen molar-refractivity contribution in [3.05, 3.63) is 29.4 Å². The lowest BCUT2D eigenvalue weighted by Gasteiger charge is -2.61. The van der Waals surface area contributed by atoms with Gasteiger partial charge in [0.2, 0.25) is 0 Å². The second kappa shape index (κ2) is 8.87. The molecule has 4 saturated carbocycles. The summed E-state index contributed by atoms with van der Waals surface area (Å²) >= 11 is 6.16. The largest absolute Gasteiger partial charge is 0.384 e. The fourth-order valence-corrected chi connectivity index (χ4v) is 9.92. The maximum Gasteiger partial charge on any atom is 0.157 e. The lowest BCUT2D eigenvalue weighted by atomic mass is 9.44. The number of carbonyl (C=O) groups excluding carboxylic acids is 1. The first-order chi connectivity index (χ1) is 16.8. The van der Waals surface area contributed by atoms with Gasteiger partial charge in [0.05, 0.1) is 18.7 Å². The van der Waals surface area contributed by atoms with E-state index in [1.165, 1.54) is 51.4 Å². The summed E-state index contributed by atoms with van der Waals surface area (Å²) in [5.74, 6) is 4.45. The Labute approximate surface area is 215 Å². The van der Waals surface area contributed by atoms with Crippen LogP contribution in [0.4, 0.5) is 0 Å². The van der Waals surface area contributed by atoms with Gasteiger partial charge in [-0.25, -0.2) is 0 Å². The monoisotopic (exact) mass is 496 g/mol. The molecule has 0 radical (unpaired) electrons. The number of methoxy groups -OCH3 is 1. The molecule has 1 aromatic carbocycles. The zero-order valence-corrected chi connectivity index (χ0v) is 22.4. The van der Waals surface area contributed by atoms with Crippen molar-refractivity contribution >= 4 is 28.3 Å². The first kappa shape index (κ1) is 24.0. The summed E-state index contributed by atoms with van der Waals surface area (Å²) in [5, 5.41) is 6.37. The molecule has 0 spiro atoms. The molecule has 6 rings (SSSR count). The van der Waals surface area contributed by atoms with Crippen LogP contribution >= 0.6 is 11.6 Å². The van der Waals surface area contributed by atoms with Crippen molar-refractivity contribution in [2.75, 3.05) is 13.7 Å². The molecule has 1 heterocycles. The van der Waals surface area contributed by atoms with E-state index in [9.17, 15) is 4.79 Å². The molecule has 35 heavy (non-hydrogen) atoms. The second-order valence-electron chi connectivity index (χ2n) is 12.9. The number of ketones is 1. The smallest absolute Gasteiger partial charge is 0.157 e. The minimum Gasteiger partial charge on any atom is -0.384 e. The lowest BCUT2D eigenvalue weighted by Crippen LogP contribution is -2.56. The maximum absolute atomic E-state index is 13.7. The fraction of sp³-hybridized carbons (Fsp3) is 0.733. The summed E-state index contributed by atoms with van der Waals surface area (Å²) in [7, 11) is 1.91. The highest BCUT2D eigenvalue weighted by atomic mass is 35.5. The molecule has 0 aliphatic heterocycles. The van der Waals surface area contributed by atoms with Crippen molar-refractivity contribution in [1.29, 1.82) is 0 Å². The summed E-state index contributed by atoms with van der Waals surface area (Å²) in [5.41, 5.74) is 1.42. The summed E-state index contributed by atoms with van der Waals surface area (Å²) in [6.45, 7) is 6.22. The Hall–Kier alpha value is -1.39. The molecular weight excluding hydrogens is 456 g/mol. The van der Waals surface area contributed by atoms with E-state index in [0.717, 1.165) is 47.6 Å². The van der Waals surface area contributed by atoms with Crippen molar-refractivity contribution in [3.8, 4) is 0 Å². The highest BCUT2D eigenvalue weighted by molar-refractivity contribution is 6.31. The van der Waals surface area contributed by atoms with Crippen molar-refractivity contribution < 1.29 is 9.53 Å². The van der Waals surface area contributed by atoms with Gasteiger partial charge in [0, 0.05) is 29.6 Å². The van der Waals surface area contributed by atoms with Gasteiger partial charge < -0.3 is 4.74 Å². The molecule has 7 unspecified atom stereocenters. The van der Waals surface area contributed by atoms with Gasteiger partial charge in [0.25, 0.3) is 0 Å². The van der Waals surface area contributed by atoms with Gasteiger partial charge in [-0.3, -0.25) is 9.48 Å². The Balaban J connectivity index is 1.22. The van der Waals surface area contributed by atoms with Gasteiger partial charge in [0.15, 0.2) is 5.78 Å². The van der Waals surface area contributed by atoms with Crippen LogP contribution < -0.4 is 0 Å². The van der Waals surface area contributed by atoms with E-state index in [4.69, 9.17) is 16.3 Å². The minimum atomic E-state index is 0.136. The minimum absolute atomic E-state index is 0.136. The summed E-state index contributed by atoms with van der Waals surface area (Å²) in [6.07, 6.45) is 13.5. The number of halogens is 1. The highest BCUT2D eigenvalue weighted by Crippen LogP contribution is 2.68. The number of aromatic nitrogens is 2. The van der Waals surface area contributed by atoms with Crippen molar-refractivity contribution in [3.63, 3.8) is 0 Å². The fourth-order valence-electron chi connectivity index (χ4n) is 9.74. The first-order valence-electron chi connectivity index (χ1n) is 14.0. The van der Waals surface area contributed by atoms with Gasteiger partial charge in [-0.2, -0.15) is 5.10 Å². The van der Waals surface area contributed by atoms with Gasteiger partial charge in [0.1, 0.15) is 0 Å². The van der Waals surface area contributed by atoms with E-state index >= 15 is 0 Å². The first-order valence-corrected chi connectivity index (χ1v) is 14.4. The van der Waals surface area contributed by atoms with Crippen LogP contribution in [0.5, 0.6) is 0 Å². The predicted octanol–water partition coefficient (Wildman–Crippen LogP) is 7.18. The molecule has 1 aromatic heterocycles. The van der Waals surface area contributed by atoms with E-state index in [2.05, 4.69) is 18.9 Å². The van der Waals surface area contributed by atoms with Crippen LogP contribution in [0, 0.1) is 46.3 Å². The number of Topliss-reactive ketones (excluding diaryl/α,β-unsaturated/α-hetero) is 1. The molecule has 4 aliphatic rings. The molecule has 4 nitrogen and oxygen atoms in total. The molecule has 4 aliphatic carbocycles. The third-order valence-electron chi connectivity index (χ3n) is 11.3. The normalized spacial score (nSPS) is 40.8. The Morgan fingerprint density at radius 1 is 1.14 bits per heavy atom. The molecule has 5 heteroatoms. The molecule has 8 atom stereocenters. The average Bonchev–Trinajstić information content (AvgIpc) is 3.38. The summed E-state index contributed by atoms with van der Waals surface area (Å²) in [4.78, 5) is 13.7.